The Morgan fingerprint density at radius 1 is 0.731 bits per heavy atom. The first kappa shape index (κ1) is 20.6. The summed E-state index contributed by atoms with van der Waals surface area (Å²) < 4.78 is 0. The molecule has 0 aromatic rings. The molecule has 3 fully saturated rings. The molecule has 0 bridgehead atoms. The molecule has 1 heterocycles. The summed E-state index contributed by atoms with van der Waals surface area (Å²) in [4.78, 5) is 0. The van der Waals surface area contributed by atoms with Crippen molar-refractivity contribution in [2.75, 3.05) is 19.6 Å². The van der Waals surface area contributed by atoms with E-state index in [0.717, 1.165) is 23.9 Å². The minimum atomic E-state index is 0.326. The monoisotopic (exact) mass is 363 g/mol. The summed E-state index contributed by atoms with van der Waals surface area (Å²) in [6, 6.07) is 2.18. The summed E-state index contributed by atoms with van der Waals surface area (Å²) in [5.41, 5.74) is 0.326. The van der Waals surface area contributed by atoms with Crippen LogP contribution in [0.1, 0.15) is 91.4 Å². The highest BCUT2D eigenvalue weighted by molar-refractivity contribution is 4.95. The molecule has 1 atom stereocenters. The average molecular weight is 364 g/mol. The zero-order chi connectivity index (χ0) is 18.4. The average Bonchev–Trinajstić information content (AvgIpc) is 2.68. The standard InChI is InChI=1S/C23H45N3/c1-18-7-11-20(12-8-18)25-16-23(3,22-6-4-5-15-24-22)17-26-21-13-9-19(2)10-14-21/h18-22,24-26H,4-17H2,1-3H3. The maximum atomic E-state index is 3.99. The number of nitrogens with one attached hydrogen (secondary N) is 3. The van der Waals surface area contributed by atoms with Gasteiger partial charge >= 0.3 is 0 Å². The molecule has 3 heteroatoms. The molecule has 3 nitrogen and oxygen atoms in total. The lowest BCUT2D eigenvalue weighted by Crippen LogP contribution is -2.57. The van der Waals surface area contributed by atoms with Crippen LogP contribution in [-0.2, 0) is 0 Å². The van der Waals surface area contributed by atoms with Crippen LogP contribution in [0, 0.1) is 17.3 Å². The van der Waals surface area contributed by atoms with E-state index in [4.69, 9.17) is 0 Å². The van der Waals surface area contributed by atoms with E-state index in [-0.39, 0.29) is 0 Å². The molecule has 0 aromatic carbocycles. The van der Waals surface area contributed by atoms with Gasteiger partial charge in [0.2, 0.25) is 0 Å². The van der Waals surface area contributed by atoms with E-state index in [9.17, 15) is 0 Å². The fourth-order valence-corrected chi connectivity index (χ4v) is 5.44. The van der Waals surface area contributed by atoms with Crippen molar-refractivity contribution >= 4 is 0 Å². The lowest BCUT2D eigenvalue weighted by atomic mass is 9.76. The Hall–Kier alpha value is -0.120. The third kappa shape index (κ3) is 5.94. The van der Waals surface area contributed by atoms with Gasteiger partial charge in [0.15, 0.2) is 0 Å². The minimum Gasteiger partial charge on any atom is -0.313 e. The highest BCUT2D eigenvalue weighted by atomic mass is 15.0. The van der Waals surface area contributed by atoms with Gasteiger partial charge in [-0.05, 0) is 82.6 Å². The zero-order valence-corrected chi connectivity index (χ0v) is 17.8. The number of hydrogen-bond acceptors (Lipinski definition) is 3. The summed E-state index contributed by atoms with van der Waals surface area (Å²) in [6.45, 7) is 10.9. The van der Waals surface area contributed by atoms with Crippen LogP contribution in [0.4, 0.5) is 0 Å². The smallest absolute Gasteiger partial charge is 0.0145 e. The molecular formula is C23H45N3. The number of rotatable bonds is 7. The Morgan fingerprint density at radius 3 is 1.65 bits per heavy atom. The molecule has 152 valence electrons. The first-order chi connectivity index (χ1) is 12.5. The van der Waals surface area contributed by atoms with Gasteiger partial charge in [-0.25, -0.2) is 0 Å². The number of hydrogen-bond donors (Lipinski definition) is 3. The summed E-state index contributed by atoms with van der Waals surface area (Å²) in [6.07, 6.45) is 15.3. The van der Waals surface area contributed by atoms with E-state index in [0.29, 0.717) is 11.5 Å². The Kier molecular flexibility index (Phi) is 7.84. The molecule has 0 amide bonds. The first-order valence-corrected chi connectivity index (χ1v) is 11.8. The fraction of sp³-hybridized carbons (Fsp3) is 1.00. The van der Waals surface area contributed by atoms with Gasteiger partial charge in [-0.15, -0.1) is 0 Å². The van der Waals surface area contributed by atoms with Crippen molar-refractivity contribution in [3.63, 3.8) is 0 Å². The lowest BCUT2D eigenvalue weighted by molar-refractivity contribution is 0.147. The van der Waals surface area contributed by atoms with E-state index in [2.05, 4.69) is 36.7 Å². The Balaban J connectivity index is 1.52. The third-order valence-corrected chi connectivity index (χ3v) is 7.77. The maximum Gasteiger partial charge on any atom is 0.0145 e. The van der Waals surface area contributed by atoms with Crippen molar-refractivity contribution in [1.82, 2.24) is 16.0 Å². The van der Waals surface area contributed by atoms with Crippen molar-refractivity contribution in [2.45, 2.75) is 110 Å². The molecule has 1 aliphatic heterocycles. The van der Waals surface area contributed by atoms with Crippen LogP contribution < -0.4 is 16.0 Å². The molecule has 3 N–H and O–H groups in total. The molecule has 3 rings (SSSR count). The first-order valence-electron chi connectivity index (χ1n) is 11.8. The van der Waals surface area contributed by atoms with Crippen LogP contribution in [0.3, 0.4) is 0 Å². The van der Waals surface area contributed by atoms with Gasteiger partial charge in [0.05, 0.1) is 0 Å². The third-order valence-electron chi connectivity index (χ3n) is 7.77. The molecule has 0 spiro atoms. The second-order valence-corrected chi connectivity index (χ2v) is 10.3. The van der Waals surface area contributed by atoms with Crippen LogP contribution in [0.2, 0.25) is 0 Å². The molecule has 2 saturated carbocycles. The van der Waals surface area contributed by atoms with Crippen LogP contribution >= 0.6 is 0 Å². The van der Waals surface area contributed by atoms with Crippen LogP contribution in [0.5, 0.6) is 0 Å². The molecule has 2 aliphatic carbocycles. The highest BCUT2D eigenvalue weighted by Crippen LogP contribution is 2.30. The van der Waals surface area contributed by atoms with Crippen LogP contribution in [0.15, 0.2) is 0 Å². The molecule has 1 unspecified atom stereocenters. The van der Waals surface area contributed by atoms with Gasteiger partial charge in [0.25, 0.3) is 0 Å². The van der Waals surface area contributed by atoms with Gasteiger partial charge in [-0.3, -0.25) is 0 Å². The normalized spacial score (nSPS) is 38.7. The molecule has 3 aliphatic rings. The summed E-state index contributed by atoms with van der Waals surface area (Å²) in [5.74, 6) is 1.88. The van der Waals surface area contributed by atoms with E-state index in [1.165, 1.54) is 90.3 Å². The summed E-state index contributed by atoms with van der Waals surface area (Å²) >= 11 is 0. The number of piperidine rings is 1. The molecule has 26 heavy (non-hydrogen) atoms. The lowest BCUT2D eigenvalue weighted by Gasteiger charge is -2.43. The van der Waals surface area contributed by atoms with E-state index in [1.54, 1.807) is 0 Å². The van der Waals surface area contributed by atoms with E-state index in [1.807, 2.05) is 0 Å². The minimum absolute atomic E-state index is 0.326. The Labute approximate surface area is 162 Å². The zero-order valence-electron chi connectivity index (χ0n) is 17.8. The highest BCUT2D eigenvalue weighted by Gasteiger charge is 2.36. The Bertz CT molecular complexity index is 362. The van der Waals surface area contributed by atoms with Gasteiger partial charge in [0.1, 0.15) is 0 Å². The predicted molar refractivity (Wildman–Crippen MR) is 113 cm³/mol. The van der Waals surface area contributed by atoms with Crippen molar-refractivity contribution in [2.24, 2.45) is 17.3 Å². The van der Waals surface area contributed by atoms with Crippen molar-refractivity contribution in [3.8, 4) is 0 Å². The summed E-state index contributed by atoms with van der Waals surface area (Å²) in [5, 5.41) is 11.9. The van der Waals surface area contributed by atoms with E-state index >= 15 is 0 Å². The quantitative estimate of drug-likeness (QED) is 0.624. The van der Waals surface area contributed by atoms with Crippen molar-refractivity contribution < 1.29 is 0 Å². The predicted octanol–water partition coefficient (Wildman–Crippen LogP) is 4.47. The van der Waals surface area contributed by atoms with Crippen LogP contribution in [0.25, 0.3) is 0 Å². The van der Waals surface area contributed by atoms with Crippen molar-refractivity contribution in [3.05, 3.63) is 0 Å². The SMILES string of the molecule is CC1CCC(NCC(C)(CNC2CCC(C)CC2)C2CCCCN2)CC1. The molecule has 1 saturated heterocycles. The van der Waals surface area contributed by atoms with Crippen molar-refractivity contribution in [1.29, 1.82) is 0 Å². The van der Waals surface area contributed by atoms with Gasteiger partial charge in [0, 0.05) is 36.6 Å². The van der Waals surface area contributed by atoms with Gasteiger partial charge in [-0.1, -0.05) is 27.2 Å². The van der Waals surface area contributed by atoms with Gasteiger partial charge < -0.3 is 16.0 Å². The molecule has 0 radical (unpaired) electrons. The summed E-state index contributed by atoms with van der Waals surface area (Å²) in [7, 11) is 0. The molecular weight excluding hydrogens is 318 g/mol. The second kappa shape index (κ2) is 9.89. The fourth-order valence-electron chi connectivity index (χ4n) is 5.44. The van der Waals surface area contributed by atoms with E-state index < -0.39 is 0 Å². The Morgan fingerprint density at radius 2 is 1.23 bits per heavy atom. The van der Waals surface area contributed by atoms with Crippen LogP contribution in [-0.4, -0.2) is 37.8 Å². The largest absolute Gasteiger partial charge is 0.313 e. The maximum absolute atomic E-state index is 3.99. The van der Waals surface area contributed by atoms with Gasteiger partial charge in [-0.2, -0.15) is 0 Å². The topological polar surface area (TPSA) is 36.1 Å². The molecule has 0 aromatic heterocycles. The second-order valence-electron chi connectivity index (χ2n) is 10.3.